The maximum atomic E-state index is 12.4. The number of fused-ring (bicyclic) bond motifs is 1. The third-order valence-corrected chi connectivity index (χ3v) is 4.70. The molecule has 26 heavy (non-hydrogen) atoms. The Kier molecular flexibility index (Phi) is 6.26. The fourth-order valence-electron chi connectivity index (χ4n) is 2.13. The molecule has 0 heterocycles. The summed E-state index contributed by atoms with van der Waals surface area (Å²) in [5.41, 5.74) is -0.570. The fraction of sp³-hybridized carbons (Fsp3) is 0.421. The van der Waals surface area contributed by atoms with Crippen molar-refractivity contribution in [3.05, 3.63) is 36.4 Å². The minimum atomic E-state index is -3.49. The van der Waals surface area contributed by atoms with E-state index < -0.39 is 15.5 Å². The Labute approximate surface area is 154 Å². The molecule has 0 amide bonds. The van der Waals surface area contributed by atoms with Crippen LogP contribution in [0, 0.1) is 5.41 Å². The van der Waals surface area contributed by atoms with Crippen molar-refractivity contribution < 1.29 is 26.9 Å². The predicted octanol–water partition coefficient (Wildman–Crippen LogP) is 3.54. The average molecular weight is 380 g/mol. The summed E-state index contributed by atoms with van der Waals surface area (Å²) >= 11 is 0. The van der Waals surface area contributed by atoms with Crippen molar-refractivity contribution in [1.82, 2.24) is 0 Å². The molecule has 0 aliphatic heterocycles. The Hall–Kier alpha value is -2.12. The van der Waals surface area contributed by atoms with Gasteiger partial charge in [0.1, 0.15) is 24.7 Å². The molecule has 0 fully saturated rings. The summed E-state index contributed by atoms with van der Waals surface area (Å²) < 4.78 is 37.7. The molecule has 2 aromatic rings. The minimum Gasteiger partial charge on any atom is -0.491 e. The number of hydrogen-bond acceptors (Lipinski definition) is 6. The Balaban J connectivity index is 2.18. The standard InChI is InChI=1S/C19H24O6S/c1-5-19(2,3)18(20)25-17-8-6-7-14-9-10-15(13-16(14)17)23-11-12-24-26(4,21)22/h6-10,13H,5,11-12H2,1-4H3. The van der Waals surface area contributed by atoms with E-state index in [0.29, 0.717) is 17.9 Å². The molecular formula is C19H24O6S. The summed E-state index contributed by atoms with van der Waals surface area (Å²) in [5.74, 6) is 0.708. The van der Waals surface area contributed by atoms with Crippen LogP contribution in [0.15, 0.2) is 36.4 Å². The van der Waals surface area contributed by atoms with Gasteiger partial charge in [0.15, 0.2) is 0 Å². The van der Waals surface area contributed by atoms with Gasteiger partial charge >= 0.3 is 5.97 Å². The molecule has 142 valence electrons. The van der Waals surface area contributed by atoms with E-state index in [1.165, 1.54) is 0 Å². The second kappa shape index (κ2) is 8.05. The van der Waals surface area contributed by atoms with Crippen molar-refractivity contribution >= 4 is 26.9 Å². The van der Waals surface area contributed by atoms with E-state index >= 15 is 0 Å². The summed E-state index contributed by atoms with van der Waals surface area (Å²) in [6.07, 6.45) is 1.66. The van der Waals surface area contributed by atoms with Gasteiger partial charge in [-0.2, -0.15) is 8.42 Å². The van der Waals surface area contributed by atoms with Gasteiger partial charge in [-0.3, -0.25) is 8.98 Å². The first kappa shape index (κ1) is 20.2. The Morgan fingerprint density at radius 1 is 1.12 bits per heavy atom. The second-order valence-electron chi connectivity index (χ2n) is 6.64. The number of ether oxygens (including phenoxy) is 2. The number of carbonyl (C=O) groups excluding carboxylic acids is 1. The number of hydrogen-bond donors (Lipinski definition) is 0. The molecule has 7 heteroatoms. The van der Waals surface area contributed by atoms with Crippen LogP contribution in [-0.4, -0.2) is 33.9 Å². The zero-order valence-electron chi connectivity index (χ0n) is 15.4. The highest BCUT2D eigenvalue weighted by atomic mass is 32.2. The van der Waals surface area contributed by atoms with Crippen molar-refractivity contribution in [1.29, 1.82) is 0 Å². The van der Waals surface area contributed by atoms with Crippen LogP contribution in [0.3, 0.4) is 0 Å². The molecule has 0 radical (unpaired) electrons. The molecule has 0 bridgehead atoms. The topological polar surface area (TPSA) is 78.9 Å². The molecule has 2 aromatic carbocycles. The molecule has 0 atom stereocenters. The highest BCUT2D eigenvalue weighted by Gasteiger charge is 2.28. The van der Waals surface area contributed by atoms with Crippen LogP contribution in [0.2, 0.25) is 0 Å². The Morgan fingerprint density at radius 2 is 1.85 bits per heavy atom. The van der Waals surface area contributed by atoms with Crippen LogP contribution in [0.5, 0.6) is 11.5 Å². The van der Waals surface area contributed by atoms with E-state index in [-0.39, 0.29) is 19.2 Å². The lowest BCUT2D eigenvalue weighted by Crippen LogP contribution is -2.28. The maximum absolute atomic E-state index is 12.4. The lowest BCUT2D eigenvalue weighted by Gasteiger charge is -2.20. The molecule has 0 aromatic heterocycles. The van der Waals surface area contributed by atoms with Gasteiger partial charge in [-0.1, -0.05) is 25.1 Å². The second-order valence-corrected chi connectivity index (χ2v) is 8.28. The quantitative estimate of drug-likeness (QED) is 0.302. The van der Waals surface area contributed by atoms with E-state index in [4.69, 9.17) is 9.47 Å². The van der Waals surface area contributed by atoms with Gasteiger partial charge in [-0.15, -0.1) is 0 Å². The monoisotopic (exact) mass is 380 g/mol. The van der Waals surface area contributed by atoms with Crippen molar-refractivity contribution in [3.63, 3.8) is 0 Å². The molecule has 2 rings (SSSR count). The molecule has 0 N–H and O–H groups in total. The smallest absolute Gasteiger partial charge is 0.316 e. The lowest BCUT2D eigenvalue weighted by atomic mass is 9.91. The van der Waals surface area contributed by atoms with Gasteiger partial charge in [-0.25, -0.2) is 0 Å². The molecule has 0 saturated carbocycles. The first-order valence-electron chi connectivity index (χ1n) is 8.34. The number of carbonyl (C=O) groups is 1. The van der Waals surface area contributed by atoms with E-state index in [2.05, 4.69) is 4.18 Å². The Morgan fingerprint density at radius 3 is 2.50 bits per heavy atom. The highest BCUT2D eigenvalue weighted by molar-refractivity contribution is 7.85. The molecule has 0 aliphatic carbocycles. The van der Waals surface area contributed by atoms with Gasteiger partial charge in [0, 0.05) is 5.39 Å². The normalized spacial score (nSPS) is 12.2. The van der Waals surface area contributed by atoms with Gasteiger partial charge in [0.2, 0.25) is 0 Å². The van der Waals surface area contributed by atoms with Crippen molar-refractivity contribution in [2.24, 2.45) is 5.41 Å². The zero-order valence-corrected chi connectivity index (χ0v) is 16.3. The van der Waals surface area contributed by atoms with E-state index in [1.54, 1.807) is 18.2 Å². The van der Waals surface area contributed by atoms with Crippen LogP contribution in [-0.2, 0) is 19.1 Å². The van der Waals surface area contributed by atoms with Crippen molar-refractivity contribution in [3.8, 4) is 11.5 Å². The SMILES string of the molecule is CCC(C)(C)C(=O)Oc1cccc2ccc(OCCOS(C)(=O)=O)cc12. The maximum Gasteiger partial charge on any atom is 0.316 e. The van der Waals surface area contributed by atoms with Gasteiger partial charge in [0.05, 0.1) is 11.7 Å². The number of rotatable bonds is 8. The molecule has 0 unspecified atom stereocenters. The van der Waals surface area contributed by atoms with Crippen molar-refractivity contribution in [2.75, 3.05) is 19.5 Å². The average Bonchev–Trinajstić information content (AvgIpc) is 2.58. The molecule has 6 nitrogen and oxygen atoms in total. The predicted molar refractivity (Wildman–Crippen MR) is 99.9 cm³/mol. The lowest BCUT2D eigenvalue weighted by molar-refractivity contribution is -0.144. The fourth-order valence-corrected chi connectivity index (χ4v) is 2.50. The summed E-state index contributed by atoms with van der Waals surface area (Å²) in [7, 11) is -3.49. The van der Waals surface area contributed by atoms with Crippen LogP contribution in [0.25, 0.3) is 10.8 Å². The highest BCUT2D eigenvalue weighted by Crippen LogP contribution is 2.31. The summed E-state index contributed by atoms with van der Waals surface area (Å²) in [6.45, 7) is 5.64. The minimum absolute atomic E-state index is 0.0712. The molecule has 0 aliphatic rings. The third kappa shape index (κ3) is 5.44. The third-order valence-electron chi connectivity index (χ3n) is 4.10. The first-order chi connectivity index (χ1) is 12.1. The molecular weight excluding hydrogens is 356 g/mol. The van der Waals surface area contributed by atoms with Gasteiger partial charge < -0.3 is 9.47 Å². The number of esters is 1. The Bertz CT molecular complexity index is 886. The molecule has 0 saturated heterocycles. The van der Waals surface area contributed by atoms with Crippen LogP contribution in [0.4, 0.5) is 0 Å². The zero-order chi connectivity index (χ0) is 19.4. The largest absolute Gasteiger partial charge is 0.491 e. The van der Waals surface area contributed by atoms with Crippen LogP contribution in [0.1, 0.15) is 27.2 Å². The summed E-state index contributed by atoms with van der Waals surface area (Å²) in [4.78, 5) is 12.4. The van der Waals surface area contributed by atoms with E-state index in [9.17, 15) is 13.2 Å². The van der Waals surface area contributed by atoms with Crippen molar-refractivity contribution in [2.45, 2.75) is 27.2 Å². The van der Waals surface area contributed by atoms with Crippen LogP contribution >= 0.6 is 0 Å². The van der Waals surface area contributed by atoms with Crippen LogP contribution < -0.4 is 9.47 Å². The first-order valence-corrected chi connectivity index (χ1v) is 10.2. The van der Waals surface area contributed by atoms with Gasteiger partial charge in [0.25, 0.3) is 10.1 Å². The molecule has 0 spiro atoms. The summed E-state index contributed by atoms with van der Waals surface area (Å²) in [5, 5.41) is 1.65. The van der Waals surface area contributed by atoms with E-state index in [0.717, 1.165) is 17.0 Å². The summed E-state index contributed by atoms with van der Waals surface area (Å²) in [6, 6.07) is 10.9. The van der Waals surface area contributed by atoms with E-state index in [1.807, 2.05) is 39.0 Å². The number of benzene rings is 2. The van der Waals surface area contributed by atoms with Gasteiger partial charge in [-0.05, 0) is 43.9 Å².